The Labute approximate surface area is 119 Å². The molecule has 1 saturated carbocycles. The van der Waals surface area contributed by atoms with E-state index in [4.69, 9.17) is 4.74 Å². The lowest BCUT2D eigenvalue weighted by Crippen LogP contribution is -2.06. The van der Waals surface area contributed by atoms with E-state index in [0.717, 1.165) is 25.3 Å². The van der Waals surface area contributed by atoms with Gasteiger partial charge < -0.3 is 10.1 Å². The highest BCUT2D eigenvalue weighted by molar-refractivity contribution is 5.68. The van der Waals surface area contributed by atoms with Crippen LogP contribution in [0.1, 0.15) is 39.0 Å². The van der Waals surface area contributed by atoms with Gasteiger partial charge in [-0.3, -0.25) is 10.1 Å². The molecule has 0 atom stereocenters. The van der Waals surface area contributed by atoms with Crippen molar-refractivity contribution in [1.29, 1.82) is 0 Å². The molecule has 1 aliphatic rings. The van der Waals surface area contributed by atoms with Gasteiger partial charge in [0.05, 0.1) is 11.5 Å². The molecule has 0 amide bonds. The molecule has 5 nitrogen and oxygen atoms in total. The van der Waals surface area contributed by atoms with E-state index >= 15 is 0 Å². The van der Waals surface area contributed by atoms with Crippen LogP contribution < -0.4 is 10.1 Å². The molecule has 20 heavy (non-hydrogen) atoms. The van der Waals surface area contributed by atoms with Gasteiger partial charge >= 0.3 is 5.69 Å². The van der Waals surface area contributed by atoms with Crippen molar-refractivity contribution in [1.82, 2.24) is 0 Å². The van der Waals surface area contributed by atoms with Gasteiger partial charge in [-0.05, 0) is 37.3 Å². The lowest BCUT2D eigenvalue weighted by Gasteiger charge is -2.10. The van der Waals surface area contributed by atoms with E-state index in [9.17, 15) is 10.1 Å². The minimum Gasteiger partial charge on any atom is -0.487 e. The Morgan fingerprint density at radius 3 is 2.90 bits per heavy atom. The number of nitrogens with one attached hydrogen (secondary N) is 1. The van der Waals surface area contributed by atoms with Crippen LogP contribution in [0.2, 0.25) is 0 Å². The summed E-state index contributed by atoms with van der Waals surface area (Å²) in [7, 11) is 0. The van der Waals surface area contributed by atoms with Crippen molar-refractivity contribution in [3.63, 3.8) is 0 Å². The van der Waals surface area contributed by atoms with Gasteiger partial charge in [-0.1, -0.05) is 25.8 Å². The van der Waals surface area contributed by atoms with E-state index < -0.39 is 0 Å². The molecule has 0 bridgehead atoms. The Hall–Kier alpha value is -1.78. The highest BCUT2D eigenvalue weighted by atomic mass is 16.6. The van der Waals surface area contributed by atoms with Crippen LogP contribution in [0, 0.1) is 16.0 Å². The SMILES string of the molecule is CCCOc1cccc(NCCCC2CC2)c1[N+](=O)[O-]. The molecular weight excluding hydrogens is 256 g/mol. The minimum atomic E-state index is -0.367. The number of ether oxygens (including phenoxy) is 1. The average molecular weight is 278 g/mol. The van der Waals surface area contributed by atoms with E-state index in [2.05, 4.69) is 5.32 Å². The first kappa shape index (κ1) is 14.6. The number of nitro benzene ring substituents is 1. The zero-order valence-corrected chi connectivity index (χ0v) is 11.9. The molecule has 0 heterocycles. The van der Waals surface area contributed by atoms with Gasteiger partial charge in [-0.2, -0.15) is 0 Å². The molecule has 5 heteroatoms. The maximum absolute atomic E-state index is 11.2. The molecule has 0 radical (unpaired) electrons. The number of rotatable bonds is 9. The lowest BCUT2D eigenvalue weighted by molar-refractivity contribution is -0.385. The minimum absolute atomic E-state index is 0.0485. The smallest absolute Gasteiger partial charge is 0.333 e. The van der Waals surface area contributed by atoms with Crippen molar-refractivity contribution in [2.24, 2.45) is 5.92 Å². The van der Waals surface area contributed by atoms with Crippen LogP contribution >= 0.6 is 0 Å². The van der Waals surface area contributed by atoms with Crippen LogP contribution in [-0.2, 0) is 0 Å². The average Bonchev–Trinajstić information content (AvgIpc) is 3.25. The van der Waals surface area contributed by atoms with Crippen LogP contribution in [0.25, 0.3) is 0 Å². The van der Waals surface area contributed by atoms with Gasteiger partial charge in [-0.25, -0.2) is 0 Å². The second-order valence-corrected chi connectivity index (χ2v) is 5.27. The molecule has 1 aromatic rings. The summed E-state index contributed by atoms with van der Waals surface area (Å²) in [5.74, 6) is 1.25. The quantitative estimate of drug-likeness (QED) is 0.421. The standard InChI is InChI=1S/C15H22N2O3/c1-2-11-20-14-7-3-6-13(15(14)17(18)19)16-10-4-5-12-8-9-12/h3,6-7,12,16H,2,4-5,8-11H2,1H3. The highest BCUT2D eigenvalue weighted by Crippen LogP contribution is 2.36. The second-order valence-electron chi connectivity index (χ2n) is 5.27. The molecule has 0 aromatic heterocycles. The lowest BCUT2D eigenvalue weighted by atomic mass is 10.2. The molecule has 1 N–H and O–H groups in total. The van der Waals surface area contributed by atoms with E-state index in [-0.39, 0.29) is 10.6 Å². The van der Waals surface area contributed by atoms with Crippen LogP contribution in [0.5, 0.6) is 5.75 Å². The third-order valence-corrected chi connectivity index (χ3v) is 3.44. The van der Waals surface area contributed by atoms with Gasteiger partial charge in [0.1, 0.15) is 5.69 Å². The summed E-state index contributed by atoms with van der Waals surface area (Å²) in [6.45, 7) is 3.24. The van der Waals surface area contributed by atoms with Gasteiger partial charge in [0.15, 0.2) is 5.75 Å². The molecule has 2 rings (SSSR count). The van der Waals surface area contributed by atoms with Crippen LogP contribution in [0.3, 0.4) is 0 Å². The van der Waals surface area contributed by atoms with Crippen molar-refractivity contribution >= 4 is 11.4 Å². The third kappa shape index (κ3) is 4.11. The zero-order valence-electron chi connectivity index (χ0n) is 11.9. The second kappa shape index (κ2) is 7.12. The number of para-hydroxylation sites is 1. The number of anilines is 1. The predicted molar refractivity (Wildman–Crippen MR) is 79.3 cm³/mol. The van der Waals surface area contributed by atoms with Crippen molar-refractivity contribution in [3.05, 3.63) is 28.3 Å². The fraction of sp³-hybridized carbons (Fsp3) is 0.600. The first-order chi connectivity index (χ1) is 9.72. The summed E-state index contributed by atoms with van der Waals surface area (Å²) < 4.78 is 5.46. The fourth-order valence-electron chi connectivity index (χ4n) is 2.20. The number of benzene rings is 1. The van der Waals surface area contributed by atoms with Gasteiger partial charge in [-0.15, -0.1) is 0 Å². The summed E-state index contributed by atoms with van der Waals surface area (Å²) in [4.78, 5) is 10.9. The fourth-order valence-corrected chi connectivity index (χ4v) is 2.20. The molecule has 0 aliphatic heterocycles. The molecule has 110 valence electrons. The largest absolute Gasteiger partial charge is 0.487 e. The van der Waals surface area contributed by atoms with E-state index in [0.29, 0.717) is 18.0 Å². The van der Waals surface area contributed by atoms with Gasteiger partial charge in [0.25, 0.3) is 0 Å². The first-order valence-corrected chi connectivity index (χ1v) is 7.36. The molecular formula is C15H22N2O3. The summed E-state index contributed by atoms with van der Waals surface area (Å²) in [5, 5.41) is 14.4. The maximum Gasteiger partial charge on any atom is 0.333 e. The normalized spacial score (nSPS) is 14.1. The highest BCUT2D eigenvalue weighted by Gasteiger charge is 2.22. The number of hydrogen-bond donors (Lipinski definition) is 1. The zero-order chi connectivity index (χ0) is 14.4. The Morgan fingerprint density at radius 1 is 1.45 bits per heavy atom. The molecule has 0 saturated heterocycles. The summed E-state index contributed by atoms with van der Waals surface area (Å²) in [6, 6.07) is 5.19. The maximum atomic E-state index is 11.2. The Balaban J connectivity index is 1.99. The van der Waals surface area contributed by atoms with Gasteiger partial charge in [0, 0.05) is 6.54 Å². The Morgan fingerprint density at radius 2 is 2.25 bits per heavy atom. The number of nitrogens with zero attached hydrogens (tertiary/aromatic N) is 1. The van der Waals surface area contributed by atoms with E-state index in [1.54, 1.807) is 18.2 Å². The molecule has 1 aromatic carbocycles. The predicted octanol–water partition coefficient (Wildman–Crippen LogP) is 3.99. The summed E-state index contributed by atoms with van der Waals surface area (Å²) in [6.07, 6.45) is 5.80. The van der Waals surface area contributed by atoms with E-state index in [1.807, 2.05) is 6.92 Å². The van der Waals surface area contributed by atoms with Crippen LogP contribution in [-0.4, -0.2) is 18.1 Å². The monoisotopic (exact) mass is 278 g/mol. The third-order valence-electron chi connectivity index (χ3n) is 3.44. The Bertz CT molecular complexity index is 458. The van der Waals surface area contributed by atoms with E-state index in [1.165, 1.54) is 19.3 Å². The van der Waals surface area contributed by atoms with Crippen molar-refractivity contribution in [3.8, 4) is 5.75 Å². The molecule has 0 spiro atoms. The van der Waals surface area contributed by atoms with Crippen LogP contribution in [0.4, 0.5) is 11.4 Å². The van der Waals surface area contributed by atoms with Crippen LogP contribution in [0.15, 0.2) is 18.2 Å². The van der Waals surface area contributed by atoms with Crippen molar-refractivity contribution < 1.29 is 9.66 Å². The molecule has 0 unspecified atom stereocenters. The van der Waals surface area contributed by atoms with Gasteiger partial charge in [0.2, 0.25) is 0 Å². The number of nitro groups is 1. The number of hydrogen-bond acceptors (Lipinski definition) is 4. The summed E-state index contributed by atoms with van der Waals surface area (Å²) in [5.41, 5.74) is 0.603. The first-order valence-electron chi connectivity index (χ1n) is 7.36. The topological polar surface area (TPSA) is 64.4 Å². The Kier molecular flexibility index (Phi) is 5.21. The summed E-state index contributed by atoms with van der Waals surface area (Å²) >= 11 is 0. The molecule has 1 aliphatic carbocycles. The molecule has 1 fully saturated rings. The van der Waals surface area contributed by atoms with Crippen molar-refractivity contribution in [2.75, 3.05) is 18.5 Å². The van der Waals surface area contributed by atoms with Crippen molar-refractivity contribution in [2.45, 2.75) is 39.0 Å².